The van der Waals surface area contributed by atoms with E-state index in [1.54, 1.807) is 0 Å². The molecule has 1 N–H and O–H groups in total. The molecule has 1 aliphatic carbocycles. The van der Waals surface area contributed by atoms with Gasteiger partial charge in [-0.05, 0) is 33.7 Å². The third-order valence-electron chi connectivity index (χ3n) is 4.79. The summed E-state index contributed by atoms with van der Waals surface area (Å²) in [6.45, 7) is 4.25. The Kier molecular flexibility index (Phi) is 5.58. The maximum Gasteiger partial charge on any atom is 0.0947 e. The average Bonchev–Trinajstić information content (AvgIpc) is 2.67. The quantitative estimate of drug-likeness (QED) is 0.843. The molecule has 0 spiro atoms. The Hall–Kier alpha value is -0.450. The van der Waals surface area contributed by atoms with Gasteiger partial charge in [0.15, 0.2) is 0 Å². The normalized spacial score (nSPS) is 20.6. The summed E-state index contributed by atoms with van der Waals surface area (Å²) in [4.78, 5) is 6.04. The Balaban J connectivity index is 2.15. The van der Waals surface area contributed by atoms with E-state index in [-0.39, 0.29) is 5.60 Å². The van der Waals surface area contributed by atoms with E-state index < -0.39 is 0 Å². The van der Waals surface area contributed by atoms with Crippen molar-refractivity contribution < 1.29 is 4.74 Å². The van der Waals surface area contributed by atoms with Crippen molar-refractivity contribution in [2.24, 2.45) is 0 Å². The van der Waals surface area contributed by atoms with Crippen LogP contribution in [0.25, 0.3) is 0 Å². The fourth-order valence-corrected chi connectivity index (χ4v) is 4.35. The van der Waals surface area contributed by atoms with Crippen LogP contribution in [0.4, 0.5) is 0 Å². The SMILES string of the molecule is CNC(Cc1nc(C)c(C)s1)C1(OC)CCCCCC1. The van der Waals surface area contributed by atoms with Gasteiger partial charge in [0.1, 0.15) is 0 Å². The molecule has 0 radical (unpaired) electrons. The van der Waals surface area contributed by atoms with E-state index in [1.165, 1.54) is 54.1 Å². The summed E-state index contributed by atoms with van der Waals surface area (Å²) in [6, 6.07) is 0.357. The first-order valence-corrected chi connectivity index (χ1v) is 8.58. The molecule has 0 saturated heterocycles. The van der Waals surface area contributed by atoms with Crippen LogP contribution in [-0.2, 0) is 11.2 Å². The maximum absolute atomic E-state index is 6.04. The number of hydrogen-bond donors (Lipinski definition) is 1. The fourth-order valence-electron chi connectivity index (χ4n) is 3.37. The molecule has 1 atom stereocenters. The van der Waals surface area contributed by atoms with E-state index >= 15 is 0 Å². The lowest BCUT2D eigenvalue weighted by atomic mass is 9.84. The average molecular weight is 296 g/mol. The van der Waals surface area contributed by atoms with Crippen LogP contribution in [0.3, 0.4) is 0 Å². The molecule has 1 heterocycles. The van der Waals surface area contributed by atoms with E-state index in [0.29, 0.717) is 6.04 Å². The molecule has 4 heteroatoms. The highest BCUT2D eigenvalue weighted by Gasteiger charge is 2.38. The lowest BCUT2D eigenvalue weighted by Gasteiger charge is -2.39. The number of ether oxygens (including phenoxy) is 1. The Bertz CT molecular complexity index is 403. The predicted octanol–water partition coefficient (Wildman–Crippen LogP) is 3.63. The molecule has 0 aromatic carbocycles. The predicted molar refractivity (Wildman–Crippen MR) is 85.6 cm³/mol. The van der Waals surface area contributed by atoms with Gasteiger partial charge >= 0.3 is 0 Å². The Morgan fingerprint density at radius 3 is 2.35 bits per heavy atom. The number of nitrogens with zero attached hydrogens (tertiary/aromatic N) is 1. The number of nitrogens with one attached hydrogen (secondary N) is 1. The topological polar surface area (TPSA) is 34.2 Å². The molecule has 1 fully saturated rings. The zero-order valence-corrected chi connectivity index (χ0v) is 14.1. The van der Waals surface area contributed by atoms with Crippen molar-refractivity contribution in [3.05, 3.63) is 15.6 Å². The van der Waals surface area contributed by atoms with Crippen molar-refractivity contribution in [2.45, 2.75) is 70.4 Å². The molecule has 1 aromatic rings. The highest BCUT2D eigenvalue weighted by Crippen LogP contribution is 2.34. The molecule has 1 unspecified atom stereocenters. The van der Waals surface area contributed by atoms with Gasteiger partial charge in [-0.3, -0.25) is 0 Å². The third kappa shape index (κ3) is 3.41. The zero-order chi connectivity index (χ0) is 14.6. The third-order valence-corrected chi connectivity index (χ3v) is 5.89. The number of thiazole rings is 1. The lowest BCUT2D eigenvalue weighted by Crippen LogP contribution is -2.52. The number of aryl methyl sites for hydroxylation is 2. The van der Waals surface area contributed by atoms with Gasteiger partial charge < -0.3 is 10.1 Å². The smallest absolute Gasteiger partial charge is 0.0947 e. The summed E-state index contributed by atoms with van der Waals surface area (Å²) in [7, 11) is 3.94. The molecule has 1 aliphatic rings. The van der Waals surface area contributed by atoms with Gasteiger partial charge in [-0.25, -0.2) is 4.98 Å². The van der Waals surface area contributed by atoms with Crippen LogP contribution in [0.1, 0.15) is 54.1 Å². The van der Waals surface area contributed by atoms with Gasteiger partial charge in [-0.15, -0.1) is 11.3 Å². The van der Waals surface area contributed by atoms with Crippen LogP contribution in [0, 0.1) is 13.8 Å². The van der Waals surface area contributed by atoms with Crippen LogP contribution in [0.2, 0.25) is 0 Å². The first kappa shape index (κ1) is 15.9. The number of methoxy groups -OCH3 is 1. The Morgan fingerprint density at radius 1 is 1.25 bits per heavy atom. The van der Waals surface area contributed by atoms with Crippen molar-refractivity contribution in [1.82, 2.24) is 10.3 Å². The molecule has 1 saturated carbocycles. The van der Waals surface area contributed by atoms with Crippen LogP contribution in [0.5, 0.6) is 0 Å². The molecule has 1 aromatic heterocycles. The molecule has 0 bridgehead atoms. The van der Waals surface area contributed by atoms with Gasteiger partial charge in [-0.2, -0.15) is 0 Å². The van der Waals surface area contributed by atoms with Crippen molar-refractivity contribution in [1.29, 1.82) is 0 Å². The second kappa shape index (κ2) is 7.01. The lowest BCUT2D eigenvalue weighted by molar-refractivity contribution is -0.0509. The molecule has 20 heavy (non-hydrogen) atoms. The van der Waals surface area contributed by atoms with Crippen molar-refractivity contribution in [3.63, 3.8) is 0 Å². The van der Waals surface area contributed by atoms with E-state index in [0.717, 1.165) is 6.42 Å². The van der Waals surface area contributed by atoms with E-state index in [1.807, 2.05) is 18.4 Å². The maximum atomic E-state index is 6.04. The van der Waals surface area contributed by atoms with Crippen LogP contribution in [0.15, 0.2) is 0 Å². The minimum absolute atomic E-state index is 0.0151. The number of likely N-dealkylation sites (N-methyl/N-ethyl adjacent to an activating group) is 1. The first-order valence-electron chi connectivity index (χ1n) is 7.76. The summed E-state index contributed by atoms with van der Waals surface area (Å²) < 4.78 is 6.04. The first-order chi connectivity index (χ1) is 9.61. The van der Waals surface area contributed by atoms with Crippen LogP contribution < -0.4 is 5.32 Å². The highest BCUT2D eigenvalue weighted by atomic mass is 32.1. The number of hydrogen-bond acceptors (Lipinski definition) is 4. The zero-order valence-electron chi connectivity index (χ0n) is 13.3. The van der Waals surface area contributed by atoms with Gasteiger partial charge in [0.05, 0.1) is 16.3 Å². The Morgan fingerprint density at radius 2 is 1.90 bits per heavy atom. The van der Waals surface area contributed by atoms with Gasteiger partial charge in [0.2, 0.25) is 0 Å². The Labute approximate surface area is 127 Å². The summed E-state index contributed by atoms with van der Waals surface area (Å²) in [5, 5.41) is 4.75. The molecule has 2 rings (SSSR count). The van der Waals surface area contributed by atoms with Gasteiger partial charge in [-0.1, -0.05) is 25.7 Å². The summed E-state index contributed by atoms with van der Waals surface area (Å²) in [5.41, 5.74) is 1.16. The minimum atomic E-state index is -0.0151. The second-order valence-electron chi connectivity index (χ2n) is 5.98. The standard InChI is InChI=1S/C16H28N2OS/c1-12-13(2)20-15(18-12)11-14(17-3)16(19-4)9-7-5-6-8-10-16/h14,17H,5-11H2,1-4H3. The van der Waals surface area contributed by atoms with Crippen molar-refractivity contribution in [3.8, 4) is 0 Å². The van der Waals surface area contributed by atoms with Gasteiger partial charge in [0.25, 0.3) is 0 Å². The largest absolute Gasteiger partial charge is 0.377 e. The van der Waals surface area contributed by atoms with Crippen molar-refractivity contribution in [2.75, 3.05) is 14.2 Å². The number of rotatable bonds is 5. The van der Waals surface area contributed by atoms with Crippen LogP contribution in [-0.4, -0.2) is 30.8 Å². The molecular formula is C16H28N2OS. The molecule has 3 nitrogen and oxygen atoms in total. The van der Waals surface area contributed by atoms with Crippen LogP contribution >= 0.6 is 11.3 Å². The highest BCUT2D eigenvalue weighted by molar-refractivity contribution is 7.11. The summed E-state index contributed by atoms with van der Waals surface area (Å²) in [6.07, 6.45) is 8.55. The fraction of sp³-hybridized carbons (Fsp3) is 0.812. The summed E-state index contributed by atoms with van der Waals surface area (Å²) >= 11 is 1.83. The van der Waals surface area contributed by atoms with Crippen molar-refractivity contribution >= 4 is 11.3 Å². The minimum Gasteiger partial charge on any atom is -0.377 e. The molecule has 0 aliphatic heterocycles. The van der Waals surface area contributed by atoms with Gasteiger partial charge in [0, 0.05) is 24.4 Å². The molecule has 114 valence electrons. The number of aromatic nitrogens is 1. The molecule has 0 amide bonds. The monoisotopic (exact) mass is 296 g/mol. The van der Waals surface area contributed by atoms with E-state index in [2.05, 4.69) is 26.2 Å². The van der Waals surface area contributed by atoms with E-state index in [9.17, 15) is 0 Å². The second-order valence-corrected chi connectivity index (χ2v) is 7.27. The summed E-state index contributed by atoms with van der Waals surface area (Å²) in [5.74, 6) is 0. The molecular weight excluding hydrogens is 268 g/mol. The van der Waals surface area contributed by atoms with E-state index in [4.69, 9.17) is 9.72 Å².